The predicted octanol–water partition coefficient (Wildman–Crippen LogP) is 1.99. The average molecular weight is 269 g/mol. The number of ether oxygens (including phenoxy) is 2. The summed E-state index contributed by atoms with van der Waals surface area (Å²) in [7, 11) is 1.63. The van der Waals surface area contributed by atoms with E-state index in [0.717, 1.165) is 11.3 Å². The third kappa shape index (κ3) is 4.23. The fraction of sp³-hybridized carbons (Fsp3) is 0.462. The van der Waals surface area contributed by atoms with Gasteiger partial charge in [-0.25, -0.2) is 0 Å². The molecule has 0 saturated heterocycles. The Bertz CT molecular complexity index is 384. The fourth-order valence-electron chi connectivity index (χ4n) is 1.59. The molecule has 100 valence electrons. The number of esters is 1. The molecule has 0 bridgehead atoms. The Morgan fingerprint density at radius 3 is 2.78 bits per heavy atom. The van der Waals surface area contributed by atoms with Crippen LogP contribution in [0.25, 0.3) is 0 Å². The average Bonchev–Trinajstić information content (AvgIpc) is 2.40. The van der Waals surface area contributed by atoms with Crippen molar-refractivity contribution in [3.05, 3.63) is 29.8 Å². The number of para-hydroxylation sites is 1. The van der Waals surface area contributed by atoms with Crippen molar-refractivity contribution in [2.45, 2.75) is 12.2 Å². The fourth-order valence-corrected chi connectivity index (χ4v) is 2.52. The molecule has 0 saturated carbocycles. The molecule has 0 heterocycles. The van der Waals surface area contributed by atoms with Crippen LogP contribution in [-0.2, 0) is 9.53 Å². The molecule has 5 heteroatoms. The Morgan fingerprint density at radius 1 is 1.44 bits per heavy atom. The maximum Gasteiger partial charge on any atom is 0.315 e. The lowest BCUT2D eigenvalue weighted by Gasteiger charge is -2.17. The van der Waals surface area contributed by atoms with E-state index in [9.17, 15) is 4.79 Å². The third-order valence-corrected chi connectivity index (χ3v) is 3.66. The van der Waals surface area contributed by atoms with Crippen molar-refractivity contribution in [1.82, 2.24) is 0 Å². The molecule has 0 fully saturated rings. The van der Waals surface area contributed by atoms with E-state index in [4.69, 9.17) is 15.2 Å². The molecule has 1 aromatic rings. The van der Waals surface area contributed by atoms with Gasteiger partial charge in [-0.2, -0.15) is 0 Å². The van der Waals surface area contributed by atoms with Gasteiger partial charge >= 0.3 is 5.97 Å². The highest BCUT2D eigenvalue weighted by molar-refractivity contribution is 8.00. The van der Waals surface area contributed by atoms with Crippen LogP contribution >= 0.6 is 11.8 Å². The summed E-state index contributed by atoms with van der Waals surface area (Å²) in [6, 6.07) is 7.70. The standard InChI is InChI=1S/C13H19NO3S/c1-3-17-13(15)9-18-12(8-14)10-6-4-5-7-11(10)16-2/h4-7,12H,3,8-9,14H2,1-2H3. The van der Waals surface area contributed by atoms with Gasteiger partial charge in [-0.1, -0.05) is 18.2 Å². The van der Waals surface area contributed by atoms with Crippen molar-refractivity contribution in [2.75, 3.05) is 26.0 Å². The first-order valence-corrected chi connectivity index (χ1v) is 6.88. The number of thioether (sulfide) groups is 1. The van der Waals surface area contributed by atoms with Crippen LogP contribution in [0.2, 0.25) is 0 Å². The number of hydrogen-bond acceptors (Lipinski definition) is 5. The van der Waals surface area contributed by atoms with Crippen molar-refractivity contribution in [2.24, 2.45) is 5.73 Å². The number of hydrogen-bond donors (Lipinski definition) is 1. The molecule has 18 heavy (non-hydrogen) atoms. The van der Waals surface area contributed by atoms with Crippen LogP contribution < -0.4 is 10.5 Å². The summed E-state index contributed by atoms with van der Waals surface area (Å²) in [5.74, 6) is 0.883. The molecule has 0 aromatic heterocycles. The quantitative estimate of drug-likeness (QED) is 0.767. The van der Waals surface area contributed by atoms with Crippen molar-refractivity contribution in [1.29, 1.82) is 0 Å². The van der Waals surface area contributed by atoms with Gasteiger partial charge < -0.3 is 15.2 Å². The smallest absolute Gasteiger partial charge is 0.315 e. The lowest BCUT2D eigenvalue weighted by atomic mass is 10.1. The molecule has 0 aliphatic heterocycles. The van der Waals surface area contributed by atoms with Crippen molar-refractivity contribution in [3.63, 3.8) is 0 Å². The molecule has 0 spiro atoms. The summed E-state index contributed by atoms with van der Waals surface area (Å²) in [6.45, 7) is 2.65. The highest BCUT2D eigenvalue weighted by Gasteiger charge is 2.16. The molecule has 1 aromatic carbocycles. The summed E-state index contributed by atoms with van der Waals surface area (Å²) < 4.78 is 10.2. The van der Waals surface area contributed by atoms with E-state index in [2.05, 4.69) is 0 Å². The second-order valence-electron chi connectivity index (χ2n) is 3.58. The first-order chi connectivity index (χ1) is 8.72. The molecule has 1 rings (SSSR count). The second kappa shape index (κ2) is 8.00. The molecule has 1 atom stereocenters. The molecule has 2 N–H and O–H groups in total. The van der Waals surface area contributed by atoms with Crippen LogP contribution in [0.4, 0.5) is 0 Å². The zero-order chi connectivity index (χ0) is 13.4. The summed E-state index contributed by atoms with van der Waals surface area (Å²) in [6.07, 6.45) is 0. The van der Waals surface area contributed by atoms with Gasteiger partial charge in [-0.05, 0) is 13.0 Å². The minimum atomic E-state index is -0.212. The van der Waals surface area contributed by atoms with Crippen LogP contribution in [0.1, 0.15) is 17.7 Å². The van der Waals surface area contributed by atoms with Crippen molar-refractivity contribution < 1.29 is 14.3 Å². The lowest BCUT2D eigenvalue weighted by Crippen LogP contribution is -2.14. The monoisotopic (exact) mass is 269 g/mol. The molecule has 0 aliphatic carbocycles. The van der Waals surface area contributed by atoms with Gasteiger partial charge in [-0.3, -0.25) is 4.79 Å². The zero-order valence-corrected chi connectivity index (χ0v) is 11.5. The van der Waals surface area contributed by atoms with Crippen LogP contribution in [-0.4, -0.2) is 32.0 Å². The minimum absolute atomic E-state index is 0.0329. The molecular weight excluding hydrogens is 250 g/mol. The first-order valence-electron chi connectivity index (χ1n) is 5.83. The molecule has 0 amide bonds. The van der Waals surface area contributed by atoms with Crippen molar-refractivity contribution >= 4 is 17.7 Å². The topological polar surface area (TPSA) is 61.5 Å². The highest BCUT2D eigenvalue weighted by atomic mass is 32.2. The largest absolute Gasteiger partial charge is 0.496 e. The normalized spacial score (nSPS) is 11.9. The van der Waals surface area contributed by atoms with Gasteiger partial charge in [0.15, 0.2) is 0 Å². The van der Waals surface area contributed by atoms with E-state index in [1.807, 2.05) is 24.3 Å². The Morgan fingerprint density at radius 2 is 2.17 bits per heavy atom. The number of carbonyl (C=O) groups excluding carboxylic acids is 1. The van der Waals surface area contributed by atoms with Crippen LogP contribution in [0.15, 0.2) is 24.3 Å². The molecule has 4 nitrogen and oxygen atoms in total. The van der Waals surface area contributed by atoms with E-state index in [1.54, 1.807) is 14.0 Å². The van der Waals surface area contributed by atoms with E-state index in [0.29, 0.717) is 18.9 Å². The zero-order valence-electron chi connectivity index (χ0n) is 10.7. The number of nitrogens with two attached hydrogens (primary N) is 1. The number of carbonyl (C=O) groups is 1. The van der Waals surface area contributed by atoms with Gasteiger partial charge in [-0.15, -0.1) is 11.8 Å². The molecule has 0 aliphatic rings. The maximum atomic E-state index is 11.3. The lowest BCUT2D eigenvalue weighted by molar-refractivity contribution is -0.139. The van der Waals surface area contributed by atoms with E-state index < -0.39 is 0 Å². The van der Waals surface area contributed by atoms with Crippen LogP contribution in [0.5, 0.6) is 5.75 Å². The van der Waals surface area contributed by atoms with E-state index in [1.165, 1.54) is 11.8 Å². The van der Waals surface area contributed by atoms with Crippen LogP contribution in [0, 0.1) is 0 Å². The maximum absolute atomic E-state index is 11.3. The minimum Gasteiger partial charge on any atom is -0.496 e. The van der Waals surface area contributed by atoms with Crippen LogP contribution in [0.3, 0.4) is 0 Å². The Labute approximate surface area is 112 Å². The number of benzene rings is 1. The van der Waals surface area contributed by atoms with Gasteiger partial charge in [0.2, 0.25) is 0 Å². The van der Waals surface area contributed by atoms with Gasteiger partial charge in [0.25, 0.3) is 0 Å². The van der Waals surface area contributed by atoms with Crippen molar-refractivity contribution in [3.8, 4) is 5.75 Å². The summed E-state index contributed by atoms with van der Waals surface area (Å²) >= 11 is 1.47. The Hall–Kier alpha value is -1.20. The Kier molecular flexibility index (Phi) is 6.60. The molecule has 1 unspecified atom stereocenters. The first kappa shape index (κ1) is 14.9. The third-order valence-electron chi connectivity index (χ3n) is 2.41. The summed E-state index contributed by atoms with van der Waals surface area (Å²) in [4.78, 5) is 11.3. The molecule has 0 radical (unpaired) electrons. The summed E-state index contributed by atoms with van der Waals surface area (Å²) in [5, 5.41) is 0.0329. The van der Waals surface area contributed by atoms with Gasteiger partial charge in [0.05, 0.1) is 19.5 Å². The van der Waals surface area contributed by atoms with Gasteiger partial charge in [0, 0.05) is 17.4 Å². The second-order valence-corrected chi connectivity index (χ2v) is 4.77. The van der Waals surface area contributed by atoms with Gasteiger partial charge in [0.1, 0.15) is 5.75 Å². The van der Waals surface area contributed by atoms with E-state index >= 15 is 0 Å². The predicted molar refractivity (Wildman–Crippen MR) is 73.9 cm³/mol. The number of methoxy groups -OCH3 is 1. The SMILES string of the molecule is CCOC(=O)CSC(CN)c1ccccc1OC. The Balaban J connectivity index is 2.68. The molecular formula is C13H19NO3S. The highest BCUT2D eigenvalue weighted by Crippen LogP contribution is 2.33. The number of rotatable bonds is 7. The summed E-state index contributed by atoms with van der Waals surface area (Å²) in [5.41, 5.74) is 6.77. The van der Waals surface area contributed by atoms with E-state index in [-0.39, 0.29) is 11.2 Å².